The van der Waals surface area contributed by atoms with Crippen molar-refractivity contribution in [2.75, 3.05) is 11.9 Å². The van der Waals surface area contributed by atoms with Crippen molar-refractivity contribution >= 4 is 17.6 Å². The van der Waals surface area contributed by atoms with E-state index in [1.54, 1.807) is 6.07 Å². The Morgan fingerprint density at radius 2 is 2.47 bits per heavy atom. The van der Waals surface area contributed by atoms with Crippen molar-refractivity contribution < 1.29 is 19.4 Å². The first-order chi connectivity index (χ1) is 7.18. The lowest BCUT2D eigenvalue weighted by atomic mass is 10.2. The Kier molecular flexibility index (Phi) is 2.13. The number of carboxylic acid groups (broad SMARTS) is 1. The maximum Gasteiger partial charge on any atom is 0.344 e. The van der Waals surface area contributed by atoms with Gasteiger partial charge in [0.2, 0.25) is 11.7 Å². The second-order valence-corrected chi connectivity index (χ2v) is 2.82. The van der Waals surface area contributed by atoms with Crippen LogP contribution in [-0.2, 0) is 14.3 Å². The summed E-state index contributed by atoms with van der Waals surface area (Å²) in [6.45, 7) is -0.252. The molecule has 3 N–H and O–H groups in total. The molecule has 0 spiro atoms. The van der Waals surface area contributed by atoms with Crippen molar-refractivity contribution in [1.82, 2.24) is 10.2 Å². The first-order valence-electron chi connectivity index (χ1n) is 4.08. The Morgan fingerprint density at radius 1 is 1.67 bits per heavy atom. The number of aromatic amines is 1. The van der Waals surface area contributed by atoms with E-state index in [4.69, 9.17) is 9.84 Å². The highest BCUT2D eigenvalue weighted by Gasteiger charge is 2.30. The summed E-state index contributed by atoms with van der Waals surface area (Å²) >= 11 is 0. The molecule has 0 atom stereocenters. The van der Waals surface area contributed by atoms with E-state index in [1.165, 1.54) is 6.20 Å². The van der Waals surface area contributed by atoms with Gasteiger partial charge in [-0.1, -0.05) is 0 Å². The fourth-order valence-electron chi connectivity index (χ4n) is 1.17. The van der Waals surface area contributed by atoms with Gasteiger partial charge in [0.1, 0.15) is 5.82 Å². The van der Waals surface area contributed by atoms with Crippen LogP contribution < -0.4 is 5.32 Å². The maximum absolute atomic E-state index is 11.1. The molecule has 0 saturated heterocycles. The Bertz CT molecular complexity index is 435. The molecule has 0 aromatic carbocycles. The smallest absolute Gasteiger partial charge is 0.344 e. The zero-order chi connectivity index (χ0) is 10.8. The quantitative estimate of drug-likeness (QED) is 0.591. The largest absolute Gasteiger partial charge is 0.477 e. The van der Waals surface area contributed by atoms with Crippen molar-refractivity contribution in [3.63, 3.8) is 0 Å². The molecular formula is C8H7N3O4. The van der Waals surface area contributed by atoms with E-state index in [0.29, 0.717) is 5.82 Å². The number of hydrogen-bond donors (Lipinski definition) is 3. The third-order valence-electron chi connectivity index (χ3n) is 1.82. The number of anilines is 1. The van der Waals surface area contributed by atoms with Gasteiger partial charge in [-0.15, -0.1) is 0 Å². The molecule has 0 bridgehead atoms. The van der Waals surface area contributed by atoms with Crippen LogP contribution in [0.1, 0.15) is 0 Å². The first kappa shape index (κ1) is 9.25. The summed E-state index contributed by atoms with van der Waals surface area (Å²) < 4.78 is 4.90. The number of ether oxygens (including phenoxy) is 1. The van der Waals surface area contributed by atoms with Crippen LogP contribution in [0.25, 0.3) is 0 Å². The van der Waals surface area contributed by atoms with Crippen LogP contribution in [0.4, 0.5) is 5.82 Å². The molecule has 0 unspecified atom stereocenters. The van der Waals surface area contributed by atoms with E-state index in [0.717, 1.165) is 0 Å². The predicted molar refractivity (Wildman–Crippen MR) is 47.8 cm³/mol. The molecule has 0 aliphatic carbocycles. The fraction of sp³-hybridized carbons (Fsp3) is 0.125. The van der Waals surface area contributed by atoms with Crippen LogP contribution in [0.5, 0.6) is 0 Å². The molecule has 7 nitrogen and oxygen atoms in total. The average Bonchev–Trinajstić information content (AvgIpc) is 2.76. The molecule has 1 aliphatic heterocycles. The van der Waals surface area contributed by atoms with Crippen molar-refractivity contribution in [3.8, 4) is 0 Å². The van der Waals surface area contributed by atoms with Gasteiger partial charge in [0.15, 0.2) is 12.2 Å². The fourth-order valence-corrected chi connectivity index (χ4v) is 1.17. The second kappa shape index (κ2) is 3.45. The van der Waals surface area contributed by atoms with Gasteiger partial charge in [0.25, 0.3) is 0 Å². The number of hydrogen-bond acceptors (Lipinski definition) is 5. The number of aliphatic carboxylic acids is 1. The standard InChI is InChI=1S/C8H7N3O4/c12-4-3-15-7(6(4)8(13)14)10-5-1-2-9-11-5/h1-2H,3H2,(H,13,14)(H2,9,10,11). The maximum atomic E-state index is 11.1. The Hall–Kier alpha value is -2.31. The number of nitrogens with zero attached hydrogens (tertiary/aromatic N) is 1. The summed E-state index contributed by atoms with van der Waals surface area (Å²) in [7, 11) is 0. The van der Waals surface area contributed by atoms with Gasteiger partial charge >= 0.3 is 5.97 Å². The van der Waals surface area contributed by atoms with E-state index >= 15 is 0 Å². The number of Topliss-reactive ketones (excluding diaryl/α,β-unsaturated/α-hetero) is 1. The minimum atomic E-state index is -1.31. The van der Waals surface area contributed by atoms with Gasteiger partial charge in [-0.2, -0.15) is 5.10 Å². The van der Waals surface area contributed by atoms with Crippen LogP contribution in [-0.4, -0.2) is 33.7 Å². The lowest BCUT2D eigenvalue weighted by molar-refractivity contribution is -0.134. The number of aromatic nitrogens is 2. The molecule has 0 amide bonds. The van der Waals surface area contributed by atoms with E-state index in [9.17, 15) is 9.59 Å². The van der Waals surface area contributed by atoms with Crippen LogP contribution in [0.2, 0.25) is 0 Å². The SMILES string of the molecule is O=C(O)C1=C(Nc2ccn[nH]2)OCC1=O. The van der Waals surface area contributed by atoms with Crippen molar-refractivity contribution in [3.05, 3.63) is 23.7 Å². The Balaban J connectivity index is 2.27. The van der Waals surface area contributed by atoms with Gasteiger partial charge in [-0.25, -0.2) is 4.79 Å². The average molecular weight is 209 g/mol. The summed E-state index contributed by atoms with van der Waals surface area (Å²) in [4.78, 5) is 21.9. The Labute approximate surface area is 83.7 Å². The lowest BCUT2D eigenvalue weighted by Crippen LogP contribution is -2.12. The molecule has 1 aliphatic rings. The highest BCUT2D eigenvalue weighted by atomic mass is 16.5. The van der Waals surface area contributed by atoms with Gasteiger partial charge in [0.05, 0.1) is 6.20 Å². The van der Waals surface area contributed by atoms with E-state index < -0.39 is 11.8 Å². The monoisotopic (exact) mass is 209 g/mol. The summed E-state index contributed by atoms with van der Waals surface area (Å²) in [5, 5.41) is 17.6. The van der Waals surface area contributed by atoms with Gasteiger partial charge in [-0.05, 0) is 0 Å². The number of nitrogens with one attached hydrogen (secondary N) is 2. The zero-order valence-corrected chi connectivity index (χ0v) is 7.48. The number of carboxylic acids is 1. The molecule has 1 aromatic heterocycles. The molecule has 2 heterocycles. The second-order valence-electron chi connectivity index (χ2n) is 2.82. The first-order valence-corrected chi connectivity index (χ1v) is 4.08. The van der Waals surface area contributed by atoms with Crippen LogP contribution in [0.3, 0.4) is 0 Å². The normalized spacial score (nSPS) is 15.3. The topological polar surface area (TPSA) is 104 Å². The summed E-state index contributed by atoms with van der Waals surface area (Å²) in [5.41, 5.74) is -0.371. The third kappa shape index (κ3) is 1.66. The minimum Gasteiger partial charge on any atom is -0.477 e. The van der Waals surface area contributed by atoms with E-state index in [1.807, 2.05) is 0 Å². The van der Waals surface area contributed by atoms with Crippen LogP contribution >= 0.6 is 0 Å². The zero-order valence-electron chi connectivity index (χ0n) is 7.48. The predicted octanol–water partition coefficient (Wildman–Crippen LogP) is -0.283. The summed E-state index contributed by atoms with van der Waals surface area (Å²) in [5.74, 6) is -1.46. The van der Waals surface area contributed by atoms with E-state index in [2.05, 4.69) is 15.5 Å². The number of H-pyrrole nitrogens is 1. The number of rotatable bonds is 3. The van der Waals surface area contributed by atoms with Gasteiger partial charge in [0, 0.05) is 6.07 Å². The summed E-state index contributed by atoms with van der Waals surface area (Å²) in [6, 6.07) is 1.58. The number of carbonyl (C=O) groups excluding carboxylic acids is 1. The molecule has 78 valence electrons. The highest BCUT2D eigenvalue weighted by Crippen LogP contribution is 2.17. The number of carbonyl (C=O) groups is 2. The molecule has 1 aromatic rings. The molecule has 2 rings (SSSR count). The summed E-state index contributed by atoms with van der Waals surface area (Å²) in [6.07, 6.45) is 1.49. The Morgan fingerprint density at radius 3 is 3.07 bits per heavy atom. The van der Waals surface area contributed by atoms with Crippen molar-refractivity contribution in [1.29, 1.82) is 0 Å². The third-order valence-corrected chi connectivity index (χ3v) is 1.82. The molecule has 0 saturated carbocycles. The lowest BCUT2D eigenvalue weighted by Gasteiger charge is -2.04. The van der Waals surface area contributed by atoms with Crippen LogP contribution in [0, 0.1) is 0 Å². The number of ketones is 1. The van der Waals surface area contributed by atoms with Gasteiger partial charge in [-0.3, -0.25) is 9.89 Å². The van der Waals surface area contributed by atoms with Crippen molar-refractivity contribution in [2.45, 2.75) is 0 Å². The van der Waals surface area contributed by atoms with Crippen molar-refractivity contribution in [2.24, 2.45) is 0 Å². The van der Waals surface area contributed by atoms with Gasteiger partial charge < -0.3 is 15.2 Å². The molecule has 0 fully saturated rings. The molecule has 0 radical (unpaired) electrons. The van der Waals surface area contributed by atoms with Crippen LogP contribution in [0.15, 0.2) is 23.7 Å². The molecular weight excluding hydrogens is 202 g/mol. The minimum absolute atomic E-state index is 0.0586. The highest BCUT2D eigenvalue weighted by molar-refractivity contribution is 6.19. The molecule has 15 heavy (non-hydrogen) atoms. The van der Waals surface area contributed by atoms with E-state index in [-0.39, 0.29) is 18.1 Å². The molecule has 7 heteroatoms.